The van der Waals surface area contributed by atoms with Gasteiger partial charge >= 0.3 is 5.97 Å². The van der Waals surface area contributed by atoms with Crippen LogP contribution >= 0.6 is 12.2 Å². The van der Waals surface area contributed by atoms with Crippen LogP contribution in [-0.2, 0) is 0 Å². The average Bonchev–Trinajstić information content (AvgIpc) is 3.22. The van der Waals surface area contributed by atoms with Crippen molar-refractivity contribution in [3.8, 4) is 11.5 Å². The molecule has 1 saturated heterocycles. The summed E-state index contributed by atoms with van der Waals surface area (Å²) in [5.74, 6) is -0.115. The zero-order valence-corrected chi connectivity index (χ0v) is 15.5. The lowest BCUT2D eigenvalue weighted by Gasteiger charge is -2.19. The van der Waals surface area contributed by atoms with Crippen molar-refractivity contribution >= 4 is 28.9 Å². The van der Waals surface area contributed by atoms with Crippen LogP contribution in [0, 0.1) is 10.1 Å². The van der Waals surface area contributed by atoms with Crippen molar-refractivity contribution in [2.75, 3.05) is 20.2 Å². The summed E-state index contributed by atoms with van der Waals surface area (Å²) in [6.07, 6.45) is 2.20. The third-order valence-electron chi connectivity index (χ3n) is 4.30. The zero-order valence-electron chi connectivity index (χ0n) is 14.7. The number of nitro groups is 1. The third kappa shape index (κ3) is 4.22. The molecule has 1 aliphatic heterocycles. The van der Waals surface area contributed by atoms with E-state index < -0.39 is 10.9 Å². The van der Waals surface area contributed by atoms with Crippen LogP contribution in [0.4, 0.5) is 5.69 Å². The molecular formula is C19H18N2O5S. The van der Waals surface area contributed by atoms with Crippen LogP contribution in [-0.4, -0.2) is 41.0 Å². The number of ether oxygens (including phenoxy) is 2. The summed E-state index contributed by atoms with van der Waals surface area (Å²) in [4.78, 5) is 25.6. The van der Waals surface area contributed by atoms with Gasteiger partial charge in [-0.15, -0.1) is 0 Å². The first kappa shape index (κ1) is 18.8. The molecule has 27 heavy (non-hydrogen) atoms. The molecule has 8 heteroatoms. The Labute approximate surface area is 161 Å². The van der Waals surface area contributed by atoms with Crippen molar-refractivity contribution in [3.05, 3.63) is 63.7 Å². The molecule has 0 amide bonds. The minimum absolute atomic E-state index is 0.0822. The second-order valence-electron chi connectivity index (χ2n) is 6.06. The average molecular weight is 386 g/mol. The van der Waals surface area contributed by atoms with E-state index in [0.29, 0.717) is 10.7 Å². The minimum atomic E-state index is -0.707. The Bertz CT molecular complexity index is 893. The number of rotatable bonds is 5. The van der Waals surface area contributed by atoms with Crippen molar-refractivity contribution in [2.45, 2.75) is 12.8 Å². The topological polar surface area (TPSA) is 81.9 Å². The maximum absolute atomic E-state index is 12.5. The lowest BCUT2D eigenvalue weighted by molar-refractivity contribution is -0.384. The minimum Gasteiger partial charge on any atom is -0.493 e. The Balaban J connectivity index is 1.85. The summed E-state index contributed by atoms with van der Waals surface area (Å²) in [6.45, 7) is 1.82. The highest BCUT2D eigenvalue weighted by atomic mass is 32.1. The molecule has 0 radical (unpaired) electrons. The number of methoxy groups -OCH3 is 1. The summed E-state index contributed by atoms with van der Waals surface area (Å²) in [5, 5.41) is 10.9. The Morgan fingerprint density at radius 3 is 2.52 bits per heavy atom. The van der Waals surface area contributed by atoms with E-state index in [1.54, 1.807) is 12.1 Å². The van der Waals surface area contributed by atoms with E-state index in [2.05, 4.69) is 4.90 Å². The molecule has 140 valence electrons. The van der Waals surface area contributed by atoms with Crippen LogP contribution < -0.4 is 9.47 Å². The number of esters is 1. The number of carbonyl (C=O) groups excluding carboxylic acids is 1. The molecule has 1 aliphatic rings. The first-order valence-electron chi connectivity index (χ1n) is 8.43. The van der Waals surface area contributed by atoms with Gasteiger partial charge in [-0.05, 0) is 37.1 Å². The van der Waals surface area contributed by atoms with Crippen LogP contribution in [0.15, 0.2) is 42.5 Å². The summed E-state index contributed by atoms with van der Waals surface area (Å²) in [7, 11) is 1.47. The molecule has 2 aromatic rings. The van der Waals surface area contributed by atoms with Gasteiger partial charge in [0.2, 0.25) is 0 Å². The van der Waals surface area contributed by atoms with E-state index in [0.717, 1.165) is 31.5 Å². The highest BCUT2D eigenvalue weighted by molar-refractivity contribution is 7.80. The van der Waals surface area contributed by atoms with E-state index in [1.807, 2.05) is 6.07 Å². The Kier molecular flexibility index (Phi) is 5.66. The number of thiocarbonyl (C=S) groups is 1. The van der Waals surface area contributed by atoms with Gasteiger partial charge in [-0.3, -0.25) is 10.1 Å². The summed E-state index contributed by atoms with van der Waals surface area (Å²) in [5.41, 5.74) is 0.661. The van der Waals surface area contributed by atoms with Gasteiger partial charge in [0.1, 0.15) is 4.99 Å². The fraction of sp³-hybridized carbons (Fsp3) is 0.263. The predicted octanol–water partition coefficient (Wildman–Crippen LogP) is 3.59. The van der Waals surface area contributed by atoms with Crippen molar-refractivity contribution in [3.63, 3.8) is 0 Å². The van der Waals surface area contributed by atoms with Crippen LogP contribution in [0.5, 0.6) is 11.5 Å². The SMILES string of the molecule is COc1ccc(C(=S)N2CCCC2)cc1OC(=O)c1cccc([N+](=O)[O-])c1. The molecule has 0 saturated carbocycles. The summed E-state index contributed by atoms with van der Waals surface area (Å²) >= 11 is 5.54. The number of non-ortho nitro benzene ring substituents is 1. The molecule has 3 rings (SSSR count). The quantitative estimate of drug-likeness (QED) is 0.255. The van der Waals surface area contributed by atoms with Gasteiger partial charge < -0.3 is 14.4 Å². The van der Waals surface area contributed by atoms with E-state index in [1.165, 1.54) is 31.4 Å². The summed E-state index contributed by atoms with van der Waals surface area (Å²) in [6, 6.07) is 10.6. The molecule has 0 unspecified atom stereocenters. The van der Waals surface area contributed by atoms with Crippen LogP contribution in [0.2, 0.25) is 0 Å². The smallest absolute Gasteiger partial charge is 0.343 e. The first-order chi connectivity index (χ1) is 13.0. The maximum atomic E-state index is 12.5. The second kappa shape index (κ2) is 8.13. The third-order valence-corrected chi connectivity index (χ3v) is 4.79. The molecule has 7 nitrogen and oxygen atoms in total. The second-order valence-corrected chi connectivity index (χ2v) is 6.45. The molecular weight excluding hydrogens is 368 g/mol. The standard InChI is InChI=1S/C19H18N2O5S/c1-25-16-8-7-13(18(27)20-9-2-3-10-20)12-17(16)26-19(22)14-5-4-6-15(11-14)21(23)24/h4-8,11-12H,2-3,9-10H2,1H3. The van der Waals surface area contributed by atoms with Crippen LogP contribution in [0.25, 0.3) is 0 Å². The highest BCUT2D eigenvalue weighted by Crippen LogP contribution is 2.30. The van der Waals surface area contributed by atoms with Crippen molar-refractivity contribution in [1.29, 1.82) is 0 Å². The molecule has 2 aromatic carbocycles. The molecule has 0 bridgehead atoms. The highest BCUT2D eigenvalue weighted by Gasteiger charge is 2.20. The lowest BCUT2D eigenvalue weighted by atomic mass is 10.1. The van der Waals surface area contributed by atoms with E-state index >= 15 is 0 Å². The molecule has 1 heterocycles. The number of hydrogen-bond donors (Lipinski definition) is 0. The van der Waals surface area contributed by atoms with Gasteiger partial charge in [0.15, 0.2) is 11.5 Å². The van der Waals surface area contributed by atoms with Gasteiger partial charge in [0, 0.05) is 30.8 Å². The van der Waals surface area contributed by atoms with Gasteiger partial charge in [0.05, 0.1) is 17.6 Å². The van der Waals surface area contributed by atoms with Gasteiger partial charge in [-0.2, -0.15) is 0 Å². The van der Waals surface area contributed by atoms with Gasteiger partial charge in [-0.25, -0.2) is 4.79 Å². The van der Waals surface area contributed by atoms with Gasteiger partial charge in [0.25, 0.3) is 5.69 Å². The van der Waals surface area contributed by atoms with Crippen molar-refractivity contribution in [1.82, 2.24) is 4.90 Å². The van der Waals surface area contributed by atoms with Crippen LogP contribution in [0.1, 0.15) is 28.8 Å². The van der Waals surface area contributed by atoms with Crippen molar-refractivity contribution < 1.29 is 19.2 Å². The molecule has 1 fully saturated rings. The molecule has 0 aromatic heterocycles. The number of carbonyl (C=O) groups is 1. The largest absolute Gasteiger partial charge is 0.493 e. The Hall–Kier alpha value is -3.00. The van der Waals surface area contributed by atoms with Crippen molar-refractivity contribution in [2.24, 2.45) is 0 Å². The number of benzene rings is 2. The molecule has 0 atom stereocenters. The van der Waals surface area contributed by atoms with Gasteiger partial charge in [-0.1, -0.05) is 18.3 Å². The number of likely N-dealkylation sites (tertiary alicyclic amines) is 1. The normalized spacial score (nSPS) is 13.3. The Morgan fingerprint density at radius 2 is 1.85 bits per heavy atom. The fourth-order valence-corrected chi connectivity index (χ4v) is 3.21. The van der Waals surface area contributed by atoms with Crippen LogP contribution in [0.3, 0.4) is 0 Å². The summed E-state index contributed by atoms with van der Waals surface area (Å²) < 4.78 is 10.7. The molecule has 0 N–H and O–H groups in total. The Morgan fingerprint density at radius 1 is 1.11 bits per heavy atom. The zero-order chi connectivity index (χ0) is 19.4. The lowest BCUT2D eigenvalue weighted by Crippen LogP contribution is -2.26. The molecule has 0 spiro atoms. The number of nitro benzene ring substituents is 1. The monoisotopic (exact) mass is 386 g/mol. The predicted molar refractivity (Wildman–Crippen MR) is 104 cm³/mol. The van der Waals surface area contributed by atoms with E-state index in [9.17, 15) is 14.9 Å². The maximum Gasteiger partial charge on any atom is 0.343 e. The fourth-order valence-electron chi connectivity index (χ4n) is 2.90. The number of hydrogen-bond acceptors (Lipinski definition) is 6. The number of nitrogens with zero attached hydrogens (tertiary/aromatic N) is 2. The van der Waals surface area contributed by atoms with E-state index in [-0.39, 0.29) is 17.0 Å². The first-order valence-corrected chi connectivity index (χ1v) is 8.84. The molecule has 0 aliphatic carbocycles. The van der Waals surface area contributed by atoms with E-state index in [4.69, 9.17) is 21.7 Å².